The van der Waals surface area contributed by atoms with Crippen LogP contribution >= 0.6 is 0 Å². The number of ether oxygens (including phenoxy) is 3. The van der Waals surface area contributed by atoms with Crippen molar-refractivity contribution in [1.29, 1.82) is 0 Å². The maximum atomic E-state index is 13.1. The second-order valence-electron chi connectivity index (χ2n) is 8.09. The van der Waals surface area contributed by atoms with Crippen LogP contribution in [-0.2, 0) is 9.59 Å². The number of nitrogens with zero attached hydrogens (tertiary/aromatic N) is 2. The number of methoxy groups -OCH3 is 3. The molecule has 3 rings (SSSR count). The Morgan fingerprint density at radius 2 is 1.61 bits per heavy atom. The first-order valence-electron chi connectivity index (χ1n) is 10.5. The molecule has 0 unspecified atom stereocenters. The Morgan fingerprint density at radius 3 is 2.18 bits per heavy atom. The summed E-state index contributed by atoms with van der Waals surface area (Å²) >= 11 is 0. The van der Waals surface area contributed by atoms with Crippen molar-refractivity contribution in [2.24, 2.45) is 0 Å². The van der Waals surface area contributed by atoms with E-state index in [0.29, 0.717) is 41.5 Å². The molecule has 0 radical (unpaired) electrons. The largest absolute Gasteiger partial charge is 0.507 e. The zero-order valence-electron chi connectivity index (χ0n) is 19.8. The molecule has 1 aliphatic rings. The Labute approximate surface area is 194 Å². The number of hydrogen-bond donors (Lipinski definition) is 1. The number of aliphatic hydroxyl groups is 1. The second-order valence-corrected chi connectivity index (χ2v) is 8.09. The van der Waals surface area contributed by atoms with Crippen LogP contribution < -0.4 is 14.2 Å². The number of carbonyl (C=O) groups excluding carboxylic acids is 2. The van der Waals surface area contributed by atoms with Crippen molar-refractivity contribution in [3.8, 4) is 17.2 Å². The van der Waals surface area contributed by atoms with Gasteiger partial charge in [0.2, 0.25) is 0 Å². The standard InChI is InChI=1S/C25H30N2O6/c1-15-13-17(8-9-18(15)31-4)23(28)21-22(16-7-10-19(32-5)20(14-16)33-6)27(12-11-26(2)3)25(30)24(21)29/h7-10,13-14,22,28H,11-12H2,1-6H3/b23-21+/t22-/m1/s1. The van der Waals surface area contributed by atoms with Crippen molar-refractivity contribution in [2.45, 2.75) is 13.0 Å². The number of rotatable bonds is 8. The second kappa shape index (κ2) is 9.95. The van der Waals surface area contributed by atoms with Gasteiger partial charge in [-0.2, -0.15) is 0 Å². The zero-order valence-corrected chi connectivity index (χ0v) is 19.8. The number of likely N-dealkylation sites (tertiary alicyclic amines) is 1. The first-order valence-corrected chi connectivity index (χ1v) is 10.5. The van der Waals surface area contributed by atoms with Gasteiger partial charge in [-0.05, 0) is 62.5 Å². The summed E-state index contributed by atoms with van der Waals surface area (Å²) in [5.41, 5.74) is 1.91. The van der Waals surface area contributed by atoms with E-state index in [0.717, 1.165) is 5.56 Å². The number of carbonyl (C=O) groups is 2. The van der Waals surface area contributed by atoms with E-state index in [1.165, 1.54) is 19.1 Å². The maximum Gasteiger partial charge on any atom is 0.295 e. The molecule has 0 aromatic heterocycles. The first-order chi connectivity index (χ1) is 15.7. The fourth-order valence-corrected chi connectivity index (χ4v) is 3.97. The van der Waals surface area contributed by atoms with E-state index in [-0.39, 0.29) is 11.3 Å². The number of amides is 1. The van der Waals surface area contributed by atoms with Crippen LogP contribution in [0.4, 0.5) is 0 Å². The Hall–Kier alpha value is -3.52. The van der Waals surface area contributed by atoms with Crippen molar-refractivity contribution in [3.63, 3.8) is 0 Å². The predicted octanol–water partition coefficient (Wildman–Crippen LogP) is 3.00. The first kappa shape index (κ1) is 24.1. The predicted molar refractivity (Wildman–Crippen MR) is 125 cm³/mol. The van der Waals surface area contributed by atoms with Gasteiger partial charge in [0.15, 0.2) is 11.5 Å². The highest BCUT2D eigenvalue weighted by Crippen LogP contribution is 2.42. The van der Waals surface area contributed by atoms with Gasteiger partial charge in [-0.25, -0.2) is 0 Å². The van der Waals surface area contributed by atoms with Crippen molar-refractivity contribution in [3.05, 3.63) is 58.7 Å². The normalized spacial score (nSPS) is 17.5. The molecule has 0 saturated carbocycles. The molecular formula is C25H30N2O6. The van der Waals surface area contributed by atoms with Crippen molar-refractivity contribution in [2.75, 3.05) is 48.5 Å². The van der Waals surface area contributed by atoms with Crippen LogP contribution in [0.5, 0.6) is 17.2 Å². The average Bonchev–Trinajstić information content (AvgIpc) is 3.06. The minimum Gasteiger partial charge on any atom is -0.507 e. The molecule has 33 heavy (non-hydrogen) atoms. The highest BCUT2D eigenvalue weighted by atomic mass is 16.5. The quantitative estimate of drug-likeness (QED) is 0.373. The van der Waals surface area contributed by atoms with Crippen LogP contribution in [0, 0.1) is 6.92 Å². The Balaban J connectivity index is 2.19. The smallest absolute Gasteiger partial charge is 0.295 e. The van der Waals surface area contributed by atoms with Gasteiger partial charge in [-0.15, -0.1) is 0 Å². The molecule has 1 atom stereocenters. The van der Waals surface area contributed by atoms with Crippen molar-refractivity contribution < 1.29 is 28.9 Å². The summed E-state index contributed by atoms with van der Waals surface area (Å²) in [6.07, 6.45) is 0. The molecule has 1 N–H and O–H groups in total. The van der Waals surface area contributed by atoms with E-state index in [9.17, 15) is 14.7 Å². The summed E-state index contributed by atoms with van der Waals surface area (Å²) in [6, 6.07) is 9.56. The Morgan fingerprint density at radius 1 is 0.970 bits per heavy atom. The molecule has 0 bridgehead atoms. The van der Waals surface area contributed by atoms with Gasteiger partial charge in [0.25, 0.3) is 11.7 Å². The topological polar surface area (TPSA) is 88.5 Å². The van der Waals surface area contributed by atoms with Gasteiger partial charge in [0.05, 0.1) is 32.9 Å². The van der Waals surface area contributed by atoms with E-state index < -0.39 is 17.7 Å². The fraction of sp³-hybridized carbons (Fsp3) is 0.360. The summed E-state index contributed by atoms with van der Waals surface area (Å²) in [5.74, 6) is 0.0503. The average molecular weight is 455 g/mol. The third-order valence-corrected chi connectivity index (χ3v) is 5.72. The maximum absolute atomic E-state index is 13.1. The molecule has 0 aliphatic carbocycles. The van der Waals surface area contributed by atoms with E-state index >= 15 is 0 Å². The third-order valence-electron chi connectivity index (χ3n) is 5.72. The highest BCUT2D eigenvalue weighted by molar-refractivity contribution is 6.46. The monoisotopic (exact) mass is 454 g/mol. The number of Topliss-reactive ketones (excluding diaryl/α,β-unsaturated/α-hetero) is 1. The van der Waals surface area contributed by atoms with Crippen LogP contribution in [0.15, 0.2) is 42.0 Å². The Bertz CT molecular complexity index is 1090. The van der Waals surface area contributed by atoms with Gasteiger partial charge < -0.3 is 29.1 Å². The molecule has 1 amide bonds. The number of hydrogen-bond acceptors (Lipinski definition) is 7. The summed E-state index contributed by atoms with van der Waals surface area (Å²) < 4.78 is 16.1. The molecule has 2 aromatic rings. The van der Waals surface area contributed by atoms with E-state index in [1.807, 2.05) is 25.9 Å². The van der Waals surface area contributed by atoms with Crippen LogP contribution in [0.2, 0.25) is 0 Å². The lowest BCUT2D eigenvalue weighted by atomic mass is 9.94. The van der Waals surface area contributed by atoms with Crippen molar-refractivity contribution >= 4 is 17.4 Å². The molecule has 8 nitrogen and oxygen atoms in total. The number of aryl methyl sites for hydroxylation is 1. The number of ketones is 1. The minimum atomic E-state index is -0.771. The number of benzene rings is 2. The number of aliphatic hydroxyl groups excluding tert-OH is 1. The van der Waals surface area contributed by atoms with Gasteiger partial charge in [0.1, 0.15) is 11.5 Å². The third kappa shape index (κ3) is 4.66. The van der Waals surface area contributed by atoms with E-state index in [4.69, 9.17) is 14.2 Å². The van der Waals surface area contributed by atoms with Gasteiger partial charge >= 0.3 is 0 Å². The lowest BCUT2D eigenvalue weighted by molar-refractivity contribution is -0.140. The minimum absolute atomic E-state index is 0.0375. The lowest BCUT2D eigenvalue weighted by Crippen LogP contribution is -2.35. The lowest BCUT2D eigenvalue weighted by Gasteiger charge is -2.27. The molecule has 2 aromatic carbocycles. The zero-order chi connectivity index (χ0) is 24.3. The van der Waals surface area contributed by atoms with Crippen LogP contribution in [0.25, 0.3) is 5.76 Å². The SMILES string of the molecule is COc1ccc(/C(O)=C2\C(=O)C(=O)N(CCN(C)C)[C@@H]2c2ccc(OC)c(OC)c2)cc1C. The summed E-state index contributed by atoms with van der Waals surface area (Å²) in [7, 11) is 8.40. The van der Waals surface area contributed by atoms with E-state index in [2.05, 4.69) is 0 Å². The van der Waals surface area contributed by atoms with Crippen LogP contribution in [0.1, 0.15) is 22.7 Å². The Kier molecular flexibility index (Phi) is 7.28. The molecule has 1 heterocycles. The molecule has 8 heteroatoms. The molecular weight excluding hydrogens is 424 g/mol. The highest BCUT2D eigenvalue weighted by Gasteiger charge is 2.46. The molecule has 1 aliphatic heterocycles. The fourth-order valence-electron chi connectivity index (χ4n) is 3.97. The van der Waals surface area contributed by atoms with Crippen molar-refractivity contribution in [1.82, 2.24) is 9.80 Å². The molecule has 1 fully saturated rings. The van der Waals surface area contributed by atoms with Gasteiger partial charge in [0, 0.05) is 18.7 Å². The molecule has 0 spiro atoms. The van der Waals surface area contributed by atoms with Crippen LogP contribution in [-0.4, -0.2) is 75.1 Å². The van der Waals surface area contributed by atoms with Gasteiger partial charge in [-0.3, -0.25) is 9.59 Å². The summed E-state index contributed by atoms with van der Waals surface area (Å²) in [5, 5.41) is 11.2. The van der Waals surface area contributed by atoms with Gasteiger partial charge in [-0.1, -0.05) is 6.07 Å². The summed E-state index contributed by atoms with van der Waals surface area (Å²) in [6.45, 7) is 2.71. The molecule has 1 saturated heterocycles. The molecule has 176 valence electrons. The summed E-state index contributed by atoms with van der Waals surface area (Å²) in [4.78, 5) is 29.6. The van der Waals surface area contributed by atoms with E-state index in [1.54, 1.807) is 43.5 Å². The number of likely N-dealkylation sites (N-methyl/N-ethyl adjacent to an activating group) is 1. The van der Waals surface area contributed by atoms with Crippen LogP contribution in [0.3, 0.4) is 0 Å².